The van der Waals surface area contributed by atoms with Gasteiger partial charge in [-0.15, -0.1) is 10.2 Å². The summed E-state index contributed by atoms with van der Waals surface area (Å²) in [7, 11) is 0. The number of rotatable bonds is 4. The number of carbonyl (C=O) groups is 2. The third kappa shape index (κ3) is 4.07. The number of hydrogen-bond donors (Lipinski definition) is 1. The molecular weight excluding hydrogens is 400 g/mol. The van der Waals surface area contributed by atoms with E-state index in [4.69, 9.17) is 16.0 Å². The van der Waals surface area contributed by atoms with Crippen LogP contribution >= 0.6 is 22.9 Å². The van der Waals surface area contributed by atoms with Crippen molar-refractivity contribution in [2.45, 2.75) is 18.8 Å². The predicted octanol–water partition coefficient (Wildman–Crippen LogP) is 4.06. The number of furan rings is 1. The molecule has 2 aromatic heterocycles. The Hall–Kier alpha value is -2.71. The Balaban J connectivity index is 1.42. The van der Waals surface area contributed by atoms with Crippen LogP contribution in [-0.2, 0) is 0 Å². The van der Waals surface area contributed by atoms with Gasteiger partial charge in [-0.3, -0.25) is 9.59 Å². The first-order chi connectivity index (χ1) is 13.6. The van der Waals surface area contributed by atoms with Crippen LogP contribution in [0.5, 0.6) is 0 Å². The molecule has 3 aromatic rings. The van der Waals surface area contributed by atoms with E-state index in [-0.39, 0.29) is 17.7 Å². The molecule has 1 N–H and O–H groups in total. The topological polar surface area (TPSA) is 88.3 Å². The Morgan fingerprint density at radius 2 is 2.04 bits per heavy atom. The Morgan fingerprint density at radius 1 is 1.21 bits per heavy atom. The molecule has 0 spiro atoms. The molecule has 1 fully saturated rings. The Labute approximate surface area is 170 Å². The first-order valence-electron chi connectivity index (χ1n) is 8.83. The van der Waals surface area contributed by atoms with Crippen LogP contribution in [0.1, 0.15) is 44.1 Å². The van der Waals surface area contributed by atoms with Crippen LogP contribution in [-0.4, -0.2) is 40.0 Å². The van der Waals surface area contributed by atoms with Gasteiger partial charge in [0, 0.05) is 29.7 Å². The smallest absolute Gasteiger partial charge is 0.289 e. The number of anilines is 1. The normalized spacial score (nSPS) is 16.8. The van der Waals surface area contributed by atoms with Crippen LogP contribution in [0.2, 0.25) is 5.02 Å². The van der Waals surface area contributed by atoms with E-state index in [0.29, 0.717) is 34.6 Å². The highest BCUT2D eigenvalue weighted by atomic mass is 35.5. The summed E-state index contributed by atoms with van der Waals surface area (Å²) in [5, 5.41) is 12.7. The van der Waals surface area contributed by atoms with Gasteiger partial charge in [-0.25, -0.2) is 0 Å². The molecule has 1 atom stereocenters. The van der Waals surface area contributed by atoms with Crippen molar-refractivity contribution in [3.8, 4) is 0 Å². The lowest BCUT2D eigenvalue weighted by atomic mass is 9.98. The third-order valence-corrected chi connectivity index (χ3v) is 5.86. The zero-order valence-corrected chi connectivity index (χ0v) is 16.4. The number of likely N-dealkylation sites (tertiary alicyclic amines) is 1. The van der Waals surface area contributed by atoms with Crippen molar-refractivity contribution in [1.29, 1.82) is 0 Å². The quantitative estimate of drug-likeness (QED) is 0.692. The van der Waals surface area contributed by atoms with Crippen molar-refractivity contribution < 1.29 is 14.0 Å². The van der Waals surface area contributed by atoms with Gasteiger partial charge in [0.25, 0.3) is 11.8 Å². The van der Waals surface area contributed by atoms with E-state index in [1.807, 2.05) is 0 Å². The van der Waals surface area contributed by atoms with Crippen molar-refractivity contribution in [3.05, 3.63) is 63.5 Å². The summed E-state index contributed by atoms with van der Waals surface area (Å²) in [6.07, 6.45) is 3.25. The van der Waals surface area contributed by atoms with Gasteiger partial charge in [-0.2, -0.15) is 0 Å². The van der Waals surface area contributed by atoms with Gasteiger partial charge in [0.15, 0.2) is 5.76 Å². The molecule has 3 heterocycles. The minimum absolute atomic E-state index is 0.0576. The molecule has 144 valence electrons. The molecule has 1 saturated heterocycles. The molecule has 2 amide bonds. The minimum Gasteiger partial charge on any atom is -0.459 e. The molecule has 0 aliphatic carbocycles. The first kappa shape index (κ1) is 18.6. The maximum atomic E-state index is 12.5. The Morgan fingerprint density at radius 3 is 2.79 bits per heavy atom. The summed E-state index contributed by atoms with van der Waals surface area (Å²) in [4.78, 5) is 26.7. The van der Waals surface area contributed by atoms with E-state index in [2.05, 4.69) is 15.5 Å². The van der Waals surface area contributed by atoms with Crippen molar-refractivity contribution in [2.24, 2.45) is 0 Å². The van der Waals surface area contributed by atoms with Gasteiger partial charge >= 0.3 is 0 Å². The van der Waals surface area contributed by atoms with Gasteiger partial charge in [0.05, 0.1) is 6.26 Å². The average Bonchev–Trinajstić information content (AvgIpc) is 3.41. The van der Waals surface area contributed by atoms with Crippen LogP contribution in [0.15, 0.2) is 47.1 Å². The van der Waals surface area contributed by atoms with Crippen molar-refractivity contribution in [3.63, 3.8) is 0 Å². The molecule has 1 aromatic carbocycles. The number of benzene rings is 1. The number of amides is 2. The molecule has 0 bridgehead atoms. The molecule has 9 heteroatoms. The minimum atomic E-state index is -0.314. The number of piperidine rings is 1. The van der Waals surface area contributed by atoms with Gasteiger partial charge in [0.2, 0.25) is 5.01 Å². The molecule has 1 aliphatic rings. The Bertz CT molecular complexity index is 971. The fourth-order valence-electron chi connectivity index (χ4n) is 3.13. The van der Waals surface area contributed by atoms with E-state index < -0.39 is 0 Å². The summed E-state index contributed by atoms with van der Waals surface area (Å²) >= 11 is 7.11. The lowest BCUT2D eigenvalue weighted by molar-refractivity contribution is 0.0674. The van der Waals surface area contributed by atoms with Crippen LogP contribution in [0, 0.1) is 0 Å². The molecular formula is C19H17ClN4O3S. The molecule has 1 aliphatic heterocycles. The summed E-state index contributed by atoms with van der Waals surface area (Å²) < 4.78 is 5.21. The summed E-state index contributed by atoms with van der Waals surface area (Å²) in [5.41, 5.74) is 0.638. The summed E-state index contributed by atoms with van der Waals surface area (Å²) in [6, 6.07) is 10.2. The van der Waals surface area contributed by atoms with Gasteiger partial charge in [0.1, 0.15) is 5.01 Å². The van der Waals surface area contributed by atoms with Gasteiger partial charge in [-0.05, 0) is 49.2 Å². The lowest BCUT2D eigenvalue weighted by Crippen LogP contribution is -2.38. The SMILES string of the molecule is O=C(Nc1ccc(Cl)cc1)c1nnc(C2CCCN(C(=O)c3ccco3)C2)s1. The van der Waals surface area contributed by atoms with E-state index in [0.717, 1.165) is 17.8 Å². The maximum Gasteiger partial charge on any atom is 0.289 e. The van der Waals surface area contributed by atoms with E-state index in [1.165, 1.54) is 17.6 Å². The van der Waals surface area contributed by atoms with E-state index in [9.17, 15) is 9.59 Å². The largest absolute Gasteiger partial charge is 0.459 e. The Kier molecular flexibility index (Phi) is 5.40. The zero-order valence-electron chi connectivity index (χ0n) is 14.8. The van der Waals surface area contributed by atoms with Crippen molar-refractivity contribution in [2.75, 3.05) is 18.4 Å². The number of nitrogens with zero attached hydrogens (tertiary/aromatic N) is 3. The number of hydrogen-bond acceptors (Lipinski definition) is 6. The predicted molar refractivity (Wildman–Crippen MR) is 106 cm³/mol. The number of carbonyl (C=O) groups excluding carboxylic acids is 2. The second kappa shape index (κ2) is 8.12. The monoisotopic (exact) mass is 416 g/mol. The second-order valence-electron chi connectivity index (χ2n) is 6.47. The van der Waals surface area contributed by atoms with Gasteiger partial charge < -0.3 is 14.6 Å². The summed E-state index contributed by atoms with van der Waals surface area (Å²) in [5.74, 6) is -0.0477. The van der Waals surface area contributed by atoms with Crippen molar-refractivity contribution in [1.82, 2.24) is 15.1 Å². The molecule has 28 heavy (non-hydrogen) atoms. The van der Waals surface area contributed by atoms with Crippen LogP contribution in [0.3, 0.4) is 0 Å². The zero-order chi connectivity index (χ0) is 19.5. The van der Waals surface area contributed by atoms with Crippen LogP contribution in [0.25, 0.3) is 0 Å². The molecule has 4 rings (SSSR count). The highest BCUT2D eigenvalue weighted by Crippen LogP contribution is 2.30. The lowest BCUT2D eigenvalue weighted by Gasteiger charge is -2.30. The van der Waals surface area contributed by atoms with E-state index >= 15 is 0 Å². The summed E-state index contributed by atoms with van der Waals surface area (Å²) in [6.45, 7) is 1.21. The van der Waals surface area contributed by atoms with Crippen LogP contribution in [0.4, 0.5) is 5.69 Å². The van der Waals surface area contributed by atoms with E-state index in [1.54, 1.807) is 41.3 Å². The molecule has 0 saturated carbocycles. The first-order valence-corrected chi connectivity index (χ1v) is 10.0. The maximum absolute atomic E-state index is 12.5. The molecule has 0 radical (unpaired) electrons. The highest BCUT2D eigenvalue weighted by molar-refractivity contribution is 7.13. The fraction of sp³-hybridized carbons (Fsp3) is 0.263. The van der Waals surface area contributed by atoms with Crippen LogP contribution < -0.4 is 5.32 Å². The van der Waals surface area contributed by atoms with Gasteiger partial charge in [-0.1, -0.05) is 22.9 Å². The third-order valence-electron chi connectivity index (χ3n) is 4.53. The second-order valence-corrected chi connectivity index (χ2v) is 7.92. The average molecular weight is 417 g/mol. The standard InChI is InChI=1S/C19H17ClN4O3S/c20-13-5-7-14(8-6-13)21-16(25)18-23-22-17(28-18)12-3-1-9-24(11-12)19(26)15-4-2-10-27-15/h2,4-8,10,12H,1,3,9,11H2,(H,21,25). The molecule has 1 unspecified atom stereocenters. The number of nitrogens with one attached hydrogen (secondary N) is 1. The number of aromatic nitrogens is 2. The molecule has 7 nitrogen and oxygen atoms in total. The fourth-order valence-corrected chi connectivity index (χ4v) is 4.12. The number of halogens is 1. The van der Waals surface area contributed by atoms with Crippen molar-refractivity contribution >= 4 is 40.4 Å². The highest BCUT2D eigenvalue weighted by Gasteiger charge is 2.29.